The maximum absolute atomic E-state index is 11.6. The lowest BCUT2D eigenvalue weighted by atomic mass is 10.1. The molecule has 0 saturated carbocycles. The Morgan fingerprint density at radius 3 is 2.62 bits per heavy atom. The van der Waals surface area contributed by atoms with Crippen LogP contribution < -0.4 is 5.73 Å². The normalized spacial score (nSPS) is 19.2. The summed E-state index contributed by atoms with van der Waals surface area (Å²) in [6, 6.07) is 0.207. The first-order valence-electron chi connectivity index (χ1n) is 5.82. The van der Waals surface area contributed by atoms with Crippen LogP contribution in [0.2, 0.25) is 0 Å². The topological polar surface area (TPSA) is 66.6 Å². The number of nitrogens with two attached hydrogens (primary N) is 1. The van der Waals surface area contributed by atoms with Gasteiger partial charge in [0.2, 0.25) is 11.8 Å². The van der Waals surface area contributed by atoms with Crippen molar-refractivity contribution in [1.29, 1.82) is 0 Å². The Morgan fingerprint density at radius 1 is 1.31 bits per heavy atom. The summed E-state index contributed by atoms with van der Waals surface area (Å²) in [6.07, 6.45) is 2.73. The molecule has 1 rings (SSSR count). The van der Waals surface area contributed by atoms with Crippen molar-refractivity contribution in [3.8, 4) is 0 Å². The molecule has 1 aliphatic heterocycles. The Morgan fingerprint density at radius 2 is 2.00 bits per heavy atom. The summed E-state index contributed by atoms with van der Waals surface area (Å²) in [7, 11) is 1.66. The van der Waals surface area contributed by atoms with Gasteiger partial charge >= 0.3 is 0 Å². The largest absolute Gasteiger partial charge is 0.335 e. The summed E-state index contributed by atoms with van der Waals surface area (Å²) in [4.78, 5) is 26.1. The SMILES string of the molecule is CCC(N)CCCN1CC(=O)N(C)CC1=O. The summed E-state index contributed by atoms with van der Waals surface area (Å²) in [5.74, 6) is 0.0477. The van der Waals surface area contributed by atoms with Gasteiger partial charge in [0.15, 0.2) is 0 Å². The lowest BCUT2D eigenvalue weighted by Gasteiger charge is -2.31. The van der Waals surface area contributed by atoms with E-state index in [4.69, 9.17) is 5.73 Å². The molecule has 0 aromatic rings. The zero-order valence-corrected chi connectivity index (χ0v) is 10.1. The van der Waals surface area contributed by atoms with Gasteiger partial charge in [-0.25, -0.2) is 0 Å². The average molecular weight is 227 g/mol. The molecule has 0 radical (unpaired) electrons. The van der Waals surface area contributed by atoms with Gasteiger partial charge in [0, 0.05) is 19.6 Å². The van der Waals surface area contributed by atoms with E-state index in [1.807, 2.05) is 0 Å². The van der Waals surface area contributed by atoms with E-state index >= 15 is 0 Å². The predicted octanol–water partition coefficient (Wildman–Crippen LogP) is -0.195. The standard InChI is InChI=1S/C11H21N3O2/c1-3-9(12)5-4-6-14-8-10(15)13(2)7-11(14)16/h9H,3-8,12H2,1-2H3. The highest BCUT2D eigenvalue weighted by Crippen LogP contribution is 2.06. The lowest BCUT2D eigenvalue weighted by Crippen LogP contribution is -2.52. The summed E-state index contributed by atoms with van der Waals surface area (Å²) in [5, 5.41) is 0. The molecule has 0 aromatic heterocycles. The predicted molar refractivity (Wildman–Crippen MR) is 61.7 cm³/mol. The number of nitrogens with zero attached hydrogens (tertiary/aromatic N) is 2. The number of amides is 2. The second kappa shape index (κ2) is 5.84. The van der Waals surface area contributed by atoms with Crippen LogP contribution in [0.3, 0.4) is 0 Å². The highest BCUT2D eigenvalue weighted by Gasteiger charge is 2.26. The summed E-state index contributed by atoms with van der Waals surface area (Å²) in [6.45, 7) is 3.12. The Bertz CT molecular complexity index is 268. The minimum atomic E-state index is 0.0133. The molecule has 1 atom stereocenters. The minimum Gasteiger partial charge on any atom is -0.335 e. The van der Waals surface area contributed by atoms with Gasteiger partial charge in [-0.1, -0.05) is 6.92 Å². The van der Waals surface area contributed by atoms with E-state index < -0.39 is 0 Å². The maximum Gasteiger partial charge on any atom is 0.242 e. The molecule has 1 saturated heterocycles. The van der Waals surface area contributed by atoms with E-state index in [1.165, 1.54) is 4.90 Å². The summed E-state index contributed by atoms with van der Waals surface area (Å²) >= 11 is 0. The van der Waals surface area contributed by atoms with Gasteiger partial charge in [0.25, 0.3) is 0 Å². The Kier molecular flexibility index (Phi) is 4.73. The van der Waals surface area contributed by atoms with Crippen LogP contribution in [0.25, 0.3) is 0 Å². The molecule has 1 heterocycles. The van der Waals surface area contributed by atoms with Crippen LogP contribution >= 0.6 is 0 Å². The molecule has 5 heteroatoms. The van der Waals surface area contributed by atoms with Crippen LogP contribution in [-0.2, 0) is 9.59 Å². The van der Waals surface area contributed by atoms with Gasteiger partial charge in [-0.05, 0) is 19.3 Å². The quantitative estimate of drug-likeness (QED) is 0.707. The molecule has 0 aromatic carbocycles. The van der Waals surface area contributed by atoms with Crippen LogP contribution in [-0.4, -0.2) is 54.3 Å². The van der Waals surface area contributed by atoms with E-state index in [-0.39, 0.29) is 30.9 Å². The number of likely N-dealkylation sites (N-methyl/N-ethyl adjacent to an activating group) is 1. The van der Waals surface area contributed by atoms with Crippen molar-refractivity contribution in [2.45, 2.75) is 32.2 Å². The van der Waals surface area contributed by atoms with Crippen molar-refractivity contribution in [3.05, 3.63) is 0 Å². The molecular weight excluding hydrogens is 206 g/mol. The minimum absolute atomic E-state index is 0.0133. The van der Waals surface area contributed by atoms with E-state index in [1.54, 1.807) is 11.9 Å². The highest BCUT2D eigenvalue weighted by molar-refractivity contribution is 5.92. The van der Waals surface area contributed by atoms with Gasteiger partial charge in [-0.2, -0.15) is 0 Å². The molecular formula is C11H21N3O2. The van der Waals surface area contributed by atoms with Crippen LogP contribution in [0.15, 0.2) is 0 Å². The first-order chi connectivity index (χ1) is 7.54. The molecule has 1 fully saturated rings. The average Bonchev–Trinajstić information content (AvgIpc) is 2.25. The molecule has 0 spiro atoms. The van der Waals surface area contributed by atoms with Gasteiger partial charge in [0.05, 0.1) is 13.1 Å². The van der Waals surface area contributed by atoms with Gasteiger partial charge in [-0.15, -0.1) is 0 Å². The van der Waals surface area contributed by atoms with Crippen molar-refractivity contribution in [1.82, 2.24) is 9.80 Å². The van der Waals surface area contributed by atoms with Crippen molar-refractivity contribution in [2.75, 3.05) is 26.7 Å². The van der Waals surface area contributed by atoms with Crippen LogP contribution in [0, 0.1) is 0 Å². The van der Waals surface area contributed by atoms with E-state index in [0.29, 0.717) is 6.54 Å². The van der Waals surface area contributed by atoms with E-state index in [0.717, 1.165) is 19.3 Å². The monoisotopic (exact) mass is 227 g/mol. The molecule has 16 heavy (non-hydrogen) atoms. The number of hydrogen-bond acceptors (Lipinski definition) is 3. The fraction of sp³-hybridized carbons (Fsp3) is 0.818. The second-order valence-electron chi connectivity index (χ2n) is 4.38. The smallest absolute Gasteiger partial charge is 0.242 e. The van der Waals surface area contributed by atoms with Crippen molar-refractivity contribution >= 4 is 11.8 Å². The highest BCUT2D eigenvalue weighted by atomic mass is 16.2. The molecule has 1 aliphatic rings. The zero-order chi connectivity index (χ0) is 12.1. The van der Waals surface area contributed by atoms with Crippen molar-refractivity contribution in [3.63, 3.8) is 0 Å². The maximum atomic E-state index is 11.6. The fourth-order valence-electron chi connectivity index (χ4n) is 1.72. The lowest BCUT2D eigenvalue weighted by molar-refractivity contribution is -0.148. The Labute approximate surface area is 96.6 Å². The van der Waals surface area contributed by atoms with Crippen LogP contribution in [0.4, 0.5) is 0 Å². The molecule has 5 nitrogen and oxygen atoms in total. The number of carbonyl (C=O) groups is 2. The number of hydrogen-bond donors (Lipinski definition) is 1. The third-order valence-corrected chi connectivity index (χ3v) is 3.00. The fourth-order valence-corrected chi connectivity index (χ4v) is 1.72. The van der Waals surface area contributed by atoms with E-state index in [9.17, 15) is 9.59 Å². The summed E-state index contributed by atoms with van der Waals surface area (Å²) in [5.41, 5.74) is 5.79. The second-order valence-corrected chi connectivity index (χ2v) is 4.38. The van der Waals surface area contributed by atoms with Crippen molar-refractivity contribution in [2.24, 2.45) is 5.73 Å². The molecule has 2 amide bonds. The molecule has 0 aliphatic carbocycles. The first-order valence-corrected chi connectivity index (χ1v) is 5.82. The third-order valence-electron chi connectivity index (χ3n) is 3.00. The number of rotatable bonds is 5. The van der Waals surface area contributed by atoms with E-state index in [2.05, 4.69) is 6.92 Å². The zero-order valence-electron chi connectivity index (χ0n) is 10.1. The summed E-state index contributed by atoms with van der Waals surface area (Å²) < 4.78 is 0. The Balaban J connectivity index is 2.31. The van der Waals surface area contributed by atoms with Crippen molar-refractivity contribution < 1.29 is 9.59 Å². The molecule has 92 valence electrons. The number of piperazine rings is 1. The van der Waals surface area contributed by atoms with Gasteiger partial charge in [-0.3, -0.25) is 9.59 Å². The van der Waals surface area contributed by atoms with Crippen LogP contribution in [0.1, 0.15) is 26.2 Å². The molecule has 1 unspecified atom stereocenters. The van der Waals surface area contributed by atoms with Gasteiger partial charge in [0.1, 0.15) is 0 Å². The van der Waals surface area contributed by atoms with Gasteiger partial charge < -0.3 is 15.5 Å². The van der Waals surface area contributed by atoms with Crippen LogP contribution in [0.5, 0.6) is 0 Å². The number of carbonyl (C=O) groups excluding carboxylic acids is 2. The third kappa shape index (κ3) is 3.48. The Hall–Kier alpha value is -1.10. The first kappa shape index (κ1) is 13.0. The molecule has 2 N–H and O–H groups in total. The molecule has 0 bridgehead atoms.